The van der Waals surface area contributed by atoms with Gasteiger partial charge in [-0.3, -0.25) is 4.79 Å². The minimum atomic E-state index is -0.0805. The number of aromatic amines is 1. The van der Waals surface area contributed by atoms with Crippen LogP contribution in [0.3, 0.4) is 0 Å². The number of rotatable bonds is 3. The number of methoxy groups -OCH3 is 1. The lowest BCUT2D eigenvalue weighted by molar-refractivity contribution is 0.415. The summed E-state index contributed by atoms with van der Waals surface area (Å²) in [6.07, 6.45) is 0.581. The summed E-state index contributed by atoms with van der Waals surface area (Å²) in [5.74, 6) is 0.730. The van der Waals surface area contributed by atoms with Crippen molar-refractivity contribution < 1.29 is 4.74 Å². The Kier molecular flexibility index (Phi) is 4.76. The van der Waals surface area contributed by atoms with Crippen LogP contribution < -0.4 is 16.0 Å². The van der Waals surface area contributed by atoms with Gasteiger partial charge in [-0.1, -0.05) is 0 Å². The molecule has 1 aromatic carbocycles. The summed E-state index contributed by atoms with van der Waals surface area (Å²) in [7, 11) is 1.60. The number of nitrogens with two attached hydrogens (primary N) is 1. The Balaban J connectivity index is 0.00000162. The molecule has 4 nitrogen and oxygen atoms in total. The Bertz CT molecular complexity index is 593. The highest BCUT2D eigenvalue weighted by Gasteiger charge is 2.06. The third-order valence-electron chi connectivity index (χ3n) is 2.67. The molecule has 0 aliphatic carbocycles. The Morgan fingerprint density at radius 1 is 1.39 bits per heavy atom. The van der Waals surface area contributed by atoms with Crippen LogP contribution in [0.15, 0.2) is 29.1 Å². The molecule has 3 N–H and O–H groups in total. The van der Waals surface area contributed by atoms with E-state index in [1.54, 1.807) is 7.11 Å². The highest BCUT2D eigenvalue weighted by atomic mass is 35.5. The first-order valence-electron chi connectivity index (χ1n) is 5.55. The van der Waals surface area contributed by atoms with Crippen molar-refractivity contribution in [2.45, 2.75) is 19.4 Å². The summed E-state index contributed by atoms with van der Waals surface area (Å²) < 4.78 is 5.11. The summed E-state index contributed by atoms with van der Waals surface area (Å²) in [6, 6.07) is 7.47. The fourth-order valence-electron chi connectivity index (χ4n) is 1.85. The molecule has 0 aliphatic heterocycles. The van der Waals surface area contributed by atoms with E-state index in [2.05, 4.69) is 4.98 Å². The largest absolute Gasteiger partial charge is 0.497 e. The van der Waals surface area contributed by atoms with E-state index < -0.39 is 0 Å². The van der Waals surface area contributed by atoms with Crippen molar-refractivity contribution in [2.75, 3.05) is 7.11 Å². The van der Waals surface area contributed by atoms with E-state index in [0.717, 1.165) is 22.2 Å². The van der Waals surface area contributed by atoms with Gasteiger partial charge in [0.15, 0.2) is 0 Å². The molecule has 0 radical (unpaired) electrons. The molecule has 0 spiro atoms. The highest BCUT2D eigenvalue weighted by Crippen LogP contribution is 2.18. The summed E-state index contributed by atoms with van der Waals surface area (Å²) in [5, 5.41) is 0.987. The van der Waals surface area contributed by atoms with Crippen LogP contribution >= 0.6 is 12.4 Å². The first-order chi connectivity index (χ1) is 8.10. The lowest BCUT2D eigenvalue weighted by atomic mass is 10.1. The van der Waals surface area contributed by atoms with Crippen molar-refractivity contribution in [1.29, 1.82) is 0 Å². The minimum Gasteiger partial charge on any atom is -0.497 e. The standard InChI is InChI=1S/C13H16N2O2.ClH/c1-8(14)5-10-6-9-3-4-11(17-2)7-12(9)15-13(10)16;/h3-4,6-8H,5,14H2,1-2H3,(H,15,16);1H. The molecule has 18 heavy (non-hydrogen) atoms. The van der Waals surface area contributed by atoms with E-state index in [0.29, 0.717) is 6.42 Å². The number of halogens is 1. The molecule has 5 heteroatoms. The van der Waals surface area contributed by atoms with Crippen molar-refractivity contribution in [3.05, 3.63) is 40.2 Å². The lowest BCUT2D eigenvalue weighted by Crippen LogP contribution is -2.23. The average molecular weight is 269 g/mol. The van der Waals surface area contributed by atoms with Gasteiger partial charge in [-0.15, -0.1) is 12.4 Å². The Hall–Kier alpha value is -1.52. The zero-order valence-corrected chi connectivity index (χ0v) is 11.2. The average Bonchev–Trinajstić information content (AvgIpc) is 2.29. The van der Waals surface area contributed by atoms with Gasteiger partial charge in [0.1, 0.15) is 5.75 Å². The van der Waals surface area contributed by atoms with Crippen LogP contribution in [0.25, 0.3) is 10.9 Å². The van der Waals surface area contributed by atoms with E-state index in [1.807, 2.05) is 31.2 Å². The molecular weight excluding hydrogens is 252 g/mol. The maximum absolute atomic E-state index is 11.8. The van der Waals surface area contributed by atoms with Gasteiger partial charge in [-0.25, -0.2) is 0 Å². The first-order valence-corrected chi connectivity index (χ1v) is 5.55. The molecule has 1 unspecified atom stereocenters. The Morgan fingerprint density at radius 2 is 2.11 bits per heavy atom. The SMILES string of the molecule is COc1ccc2cc(CC(C)N)c(=O)[nH]c2c1.Cl. The fourth-order valence-corrected chi connectivity index (χ4v) is 1.85. The fraction of sp³-hybridized carbons (Fsp3) is 0.308. The van der Waals surface area contributed by atoms with Gasteiger partial charge in [0, 0.05) is 17.7 Å². The second-order valence-corrected chi connectivity index (χ2v) is 4.26. The molecular formula is C13H17ClN2O2. The summed E-state index contributed by atoms with van der Waals surface area (Å²) in [5.41, 5.74) is 7.13. The third kappa shape index (κ3) is 3.03. The maximum atomic E-state index is 11.8. The van der Waals surface area contributed by atoms with Gasteiger partial charge in [0.2, 0.25) is 0 Å². The normalized spacial score (nSPS) is 11.9. The monoisotopic (exact) mass is 268 g/mol. The van der Waals surface area contributed by atoms with Crippen LogP contribution in [-0.2, 0) is 6.42 Å². The number of nitrogens with one attached hydrogen (secondary N) is 1. The maximum Gasteiger partial charge on any atom is 0.251 e. The van der Waals surface area contributed by atoms with Crippen LogP contribution in [0.1, 0.15) is 12.5 Å². The van der Waals surface area contributed by atoms with Gasteiger partial charge in [-0.2, -0.15) is 0 Å². The predicted molar refractivity (Wildman–Crippen MR) is 75.7 cm³/mol. The van der Waals surface area contributed by atoms with Gasteiger partial charge in [-0.05, 0) is 36.9 Å². The van der Waals surface area contributed by atoms with Gasteiger partial charge in [0.05, 0.1) is 12.6 Å². The van der Waals surface area contributed by atoms with Gasteiger partial charge < -0.3 is 15.5 Å². The molecule has 2 rings (SSSR count). The molecule has 0 aliphatic rings. The van der Waals surface area contributed by atoms with Crippen molar-refractivity contribution in [3.8, 4) is 5.75 Å². The zero-order valence-electron chi connectivity index (χ0n) is 10.4. The topological polar surface area (TPSA) is 68.1 Å². The van der Waals surface area contributed by atoms with Crippen LogP contribution in [0.4, 0.5) is 0 Å². The second-order valence-electron chi connectivity index (χ2n) is 4.26. The minimum absolute atomic E-state index is 0. The summed E-state index contributed by atoms with van der Waals surface area (Å²) >= 11 is 0. The van der Waals surface area contributed by atoms with Crippen LogP contribution in [0.2, 0.25) is 0 Å². The van der Waals surface area contributed by atoms with E-state index in [9.17, 15) is 4.79 Å². The number of pyridine rings is 1. The number of H-pyrrole nitrogens is 1. The Morgan fingerprint density at radius 3 is 2.72 bits per heavy atom. The quantitative estimate of drug-likeness (QED) is 0.893. The molecule has 0 saturated heterocycles. The van der Waals surface area contributed by atoms with Crippen molar-refractivity contribution in [1.82, 2.24) is 4.98 Å². The first kappa shape index (κ1) is 14.5. The molecule has 0 fully saturated rings. The molecule has 2 aromatic rings. The molecule has 98 valence electrons. The number of ether oxygens (including phenoxy) is 1. The van der Waals surface area contributed by atoms with Gasteiger partial charge in [0.25, 0.3) is 5.56 Å². The van der Waals surface area contributed by atoms with Crippen LogP contribution in [0, 0.1) is 0 Å². The van der Waals surface area contributed by atoms with Gasteiger partial charge >= 0.3 is 0 Å². The molecule has 1 heterocycles. The zero-order chi connectivity index (χ0) is 12.4. The number of benzene rings is 1. The Labute approximate surface area is 112 Å². The van der Waals surface area contributed by atoms with E-state index in [-0.39, 0.29) is 24.0 Å². The number of fused-ring (bicyclic) bond motifs is 1. The summed E-state index contributed by atoms with van der Waals surface area (Å²) in [4.78, 5) is 14.7. The lowest BCUT2D eigenvalue weighted by Gasteiger charge is -2.07. The number of hydrogen-bond donors (Lipinski definition) is 2. The van der Waals surface area contributed by atoms with Crippen LogP contribution in [-0.4, -0.2) is 18.1 Å². The van der Waals surface area contributed by atoms with Crippen LogP contribution in [0.5, 0.6) is 5.75 Å². The van der Waals surface area contributed by atoms with E-state index >= 15 is 0 Å². The number of hydrogen-bond acceptors (Lipinski definition) is 3. The van der Waals surface area contributed by atoms with Crippen molar-refractivity contribution >= 4 is 23.3 Å². The van der Waals surface area contributed by atoms with E-state index in [4.69, 9.17) is 10.5 Å². The smallest absolute Gasteiger partial charge is 0.251 e. The van der Waals surface area contributed by atoms with E-state index in [1.165, 1.54) is 0 Å². The predicted octanol–water partition coefficient (Wildman–Crippen LogP) is 1.85. The molecule has 1 aromatic heterocycles. The molecule has 1 atom stereocenters. The van der Waals surface area contributed by atoms with Crippen molar-refractivity contribution in [3.63, 3.8) is 0 Å². The highest BCUT2D eigenvalue weighted by molar-refractivity contribution is 5.85. The molecule has 0 amide bonds. The molecule has 0 bridgehead atoms. The third-order valence-corrected chi connectivity index (χ3v) is 2.67. The second kappa shape index (κ2) is 5.89. The number of aromatic nitrogens is 1. The van der Waals surface area contributed by atoms with Crippen molar-refractivity contribution in [2.24, 2.45) is 5.73 Å². The molecule has 0 saturated carbocycles. The summed E-state index contributed by atoms with van der Waals surface area (Å²) in [6.45, 7) is 1.89.